The van der Waals surface area contributed by atoms with Crippen LogP contribution in [-0.4, -0.2) is 17.3 Å². The molecule has 0 saturated heterocycles. The minimum Gasteiger partial charge on any atom is -0.257 e. The van der Waals surface area contributed by atoms with Gasteiger partial charge in [0.05, 0.1) is 5.69 Å². The maximum absolute atomic E-state index is 13.2. The number of aromatic nitrogens is 1. The highest BCUT2D eigenvalue weighted by Gasteiger charge is 2.74. The third kappa shape index (κ3) is 1.83. The molecule has 16 heavy (non-hydrogen) atoms. The zero-order valence-corrected chi connectivity index (χ0v) is 7.40. The highest BCUT2D eigenvalue weighted by Crippen LogP contribution is 2.52. The number of nitrogens with zero attached hydrogens (tertiary/aromatic N) is 1. The minimum atomic E-state index is -6.11. The fourth-order valence-electron chi connectivity index (χ4n) is 1.02. The quantitative estimate of drug-likeness (QED) is 0.693. The molecule has 1 aromatic heterocycles. The van der Waals surface area contributed by atoms with Crippen molar-refractivity contribution < 1.29 is 30.7 Å². The fourth-order valence-corrected chi connectivity index (χ4v) is 1.02. The van der Waals surface area contributed by atoms with Crippen LogP contribution in [0.15, 0.2) is 24.4 Å². The van der Waals surface area contributed by atoms with Gasteiger partial charge in [-0.1, -0.05) is 6.07 Å². The Morgan fingerprint density at radius 3 is 1.62 bits per heavy atom. The minimum absolute atomic E-state index is 0.334. The number of pyridine rings is 1. The van der Waals surface area contributed by atoms with Gasteiger partial charge in [0, 0.05) is 6.20 Å². The van der Waals surface area contributed by atoms with E-state index in [2.05, 4.69) is 4.98 Å². The van der Waals surface area contributed by atoms with Crippen LogP contribution in [0, 0.1) is 0 Å². The molecule has 1 heterocycles. The van der Waals surface area contributed by atoms with Crippen LogP contribution in [0.5, 0.6) is 0 Å². The van der Waals surface area contributed by atoms with Gasteiger partial charge in [0.1, 0.15) is 0 Å². The number of halogens is 7. The fraction of sp³-hybridized carbons (Fsp3) is 0.375. The van der Waals surface area contributed by atoms with E-state index in [1.165, 1.54) is 0 Å². The number of rotatable bonds is 1. The van der Waals surface area contributed by atoms with Crippen LogP contribution < -0.4 is 0 Å². The average Bonchev–Trinajstić information content (AvgIpc) is 2.14. The lowest BCUT2D eigenvalue weighted by atomic mass is 10.00. The molecule has 0 amide bonds. The van der Waals surface area contributed by atoms with E-state index >= 15 is 0 Å². The van der Waals surface area contributed by atoms with Crippen molar-refractivity contribution >= 4 is 0 Å². The van der Waals surface area contributed by atoms with Gasteiger partial charge in [-0.05, 0) is 12.1 Å². The lowest BCUT2D eigenvalue weighted by Gasteiger charge is -2.29. The molecule has 0 spiro atoms. The molecule has 1 rings (SSSR count). The van der Waals surface area contributed by atoms with E-state index in [0.717, 1.165) is 12.1 Å². The van der Waals surface area contributed by atoms with Crippen molar-refractivity contribution in [2.75, 3.05) is 0 Å². The van der Waals surface area contributed by atoms with Gasteiger partial charge in [0.25, 0.3) is 0 Å². The Balaban J connectivity index is 3.39. The first-order chi connectivity index (χ1) is 7.11. The topological polar surface area (TPSA) is 12.9 Å². The molecular formula is C8H4F7N. The summed E-state index contributed by atoms with van der Waals surface area (Å²) in [5, 5.41) is 0. The molecule has 0 fully saturated rings. The van der Waals surface area contributed by atoms with Crippen LogP contribution in [0.25, 0.3) is 0 Å². The van der Waals surface area contributed by atoms with Crippen LogP contribution in [0.4, 0.5) is 30.7 Å². The summed E-state index contributed by atoms with van der Waals surface area (Å²) in [4.78, 5) is 2.77. The Morgan fingerprint density at radius 1 is 0.812 bits per heavy atom. The lowest BCUT2D eigenvalue weighted by molar-refractivity contribution is -0.350. The first-order valence-electron chi connectivity index (χ1n) is 3.84. The van der Waals surface area contributed by atoms with Gasteiger partial charge in [-0.15, -0.1) is 0 Å². The molecule has 90 valence electrons. The first-order valence-corrected chi connectivity index (χ1v) is 3.84. The van der Waals surface area contributed by atoms with Crippen LogP contribution in [0.2, 0.25) is 0 Å². The largest absolute Gasteiger partial charge is 0.437 e. The van der Waals surface area contributed by atoms with Crippen LogP contribution in [-0.2, 0) is 5.67 Å². The Bertz CT molecular complexity index is 339. The summed E-state index contributed by atoms with van der Waals surface area (Å²) in [6.45, 7) is 0. The Hall–Kier alpha value is -1.34. The number of hydrogen-bond acceptors (Lipinski definition) is 1. The van der Waals surface area contributed by atoms with Gasteiger partial charge in [0.2, 0.25) is 0 Å². The summed E-state index contributed by atoms with van der Waals surface area (Å²) in [6.07, 6.45) is -11.6. The second-order valence-electron chi connectivity index (χ2n) is 2.87. The monoisotopic (exact) mass is 247 g/mol. The van der Waals surface area contributed by atoms with Gasteiger partial charge in [-0.3, -0.25) is 4.98 Å². The molecule has 0 bridgehead atoms. The standard InChI is InChI=1S/C8H4F7N/c9-6(7(10,11)12,8(13,14)15)5-3-1-2-4-16-5/h1-4H. The van der Waals surface area contributed by atoms with Crippen LogP contribution in [0.1, 0.15) is 5.69 Å². The third-order valence-electron chi connectivity index (χ3n) is 1.80. The average molecular weight is 247 g/mol. The Morgan fingerprint density at radius 2 is 1.31 bits per heavy atom. The highest BCUT2D eigenvalue weighted by atomic mass is 19.4. The molecule has 1 aromatic rings. The smallest absolute Gasteiger partial charge is 0.257 e. The van der Waals surface area contributed by atoms with Gasteiger partial charge in [0.15, 0.2) is 0 Å². The molecular weight excluding hydrogens is 243 g/mol. The normalized spacial score (nSPS) is 13.9. The van der Waals surface area contributed by atoms with E-state index in [1.54, 1.807) is 0 Å². The molecule has 8 heteroatoms. The molecule has 0 unspecified atom stereocenters. The Kier molecular flexibility index (Phi) is 2.86. The molecule has 0 atom stereocenters. The van der Waals surface area contributed by atoms with Crippen molar-refractivity contribution in [3.63, 3.8) is 0 Å². The maximum atomic E-state index is 13.2. The highest BCUT2D eigenvalue weighted by molar-refractivity contribution is 5.18. The summed E-state index contributed by atoms with van der Waals surface area (Å²) in [7, 11) is 0. The molecule has 0 radical (unpaired) electrons. The molecule has 0 N–H and O–H groups in total. The number of hydrogen-bond donors (Lipinski definition) is 0. The van der Waals surface area contributed by atoms with Crippen molar-refractivity contribution in [1.82, 2.24) is 4.98 Å². The van der Waals surface area contributed by atoms with Gasteiger partial charge < -0.3 is 0 Å². The van der Waals surface area contributed by atoms with Crippen LogP contribution >= 0.6 is 0 Å². The maximum Gasteiger partial charge on any atom is 0.437 e. The van der Waals surface area contributed by atoms with Crippen molar-refractivity contribution in [3.8, 4) is 0 Å². The second-order valence-corrected chi connectivity index (χ2v) is 2.87. The molecule has 0 aliphatic heterocycles. The predicted molar refractivity (Wildman–Crippen MR) is 39.1 cm³/mol. The van der Waals surface area contributed by atoms with Gasteiger partial charge in [-0.25, -0.2) is 4.39 Å². The third-order valence-corrected chi connectivity index (χ3v) is 1.80. The molecule has 1 nitrogen and oxygen atoms in total. The van der Waals surface area contributed by atoms with E-state index in [9.17, 15) is 30.7 Å². The van der Waals surface area contributed by atoms with Crippen molar-refractivity contribution in [2.45, 2.75) is 18.0 Å². The van der Waals surface area contributed by atoms with Crippen LogP contribution in [0.3, 0.4) is 0 Å². The van der Waals surface area contributed by atoms with E-state index in [0.29, 0.717) is 12.3 Å². The zero-order chi connectivity index (χ0) is 12.6. The lowest BCUT2D eigenvalue weighted by Crippen LogP contribution is -2.50. The van der Waals surface area contributed by atoms with E-state index < -0.39 is 23.7 Å². The molecule has 0 aliphatic rings. The summed E-state index contributed by atoms with van der Waals surface area (Å²) in [6, 6.07) is 2.26. The summed E-state index contributed by atoms with van der Waals surface area (Å²) < 4.78 is 86.1. The zero-order valence-electron chi connectivity index (χ0n) is 7.40. The van der Waals surface area contributed by atoms with E-state index in [-0.39, 0.29) is 0 Å². The van der Waals surface area contributed by atoms with E-state index in [4.69, 9.17) is 0 Å². The summed E-state index contributed by atoms with van der Waals surface area (Å²) >= 11 is 0. The number of alkyl halides is 7. The summed E-state index contributed by atoms with van der Waals surface area (Å²) in [5.74, 6) is 0. The van der Waals surface area contributed by atoms with E-state index in [1.807, 2.05) is 0 Å². The SMILES string of the molecule is FC(F)(F)C(F)(c1ccccn1)C(F)(F)F. The van der Waals surface area contributed by atoms with Crippen molar-refractivity contribution in [2.24, 2.45) is 0 Å². The predicted octanol–water partition coefficient (Wildman–Crippen LogP) is 3.37. The van der Waals surface area contributed by atoms with Gasteiger partial charge in [-0.2, -0.15) is 26.3 Å². The Labute approximate surface area is 84.9 Å². The molecule has 0 aromatic carbocycles. The molecule has 0 aliphatic carbocycles. The second kappa shape index (κ2) is 3.60. The van der Waals surface area contributed by atoms with Gasteiger partial charge >= 0.3 is 18.0 Å². The van der Waals surface area contributed by atoms with Crippen molar-refractivity contribution in [1.29, 1.82) is 0 Å². The summed E-state index contributed by atoms with van der Waals surface area (Å²) in [5.41, 5.74) is -7.17. The van der Waals surface area contributed by atoms with Crippen molar-refractivity contribution in [3.05, 3.63) is 30.1 Å². The first kappa shape index (κ1) is 12.7. The molecule has 0 saturated carbocycles.